The second kappa shape index (κ2) is 2.83. The minimum atomic E-state index is -0.312. The molecule has 1 unspecified atom stereocenters. The summed E-state index contributed by atoms with van der Waals surface area (Å²) >= 11 is 0. The Balaban J connectivity index is 2.49. The maximum atomic E-state index is 12.8. The molecule has 1 aromatic carbocycles. The van der Waals surface area contributed by atoms with Gasteiger partial charge in [0.25, 0.3) is 0 Å². The van der Waals surface area contributed by atoms with Crippen LogP contribution in [0.15, 0.2) is 18.2 Å². The van der Waals surface area contributed by atoms with Crippen molar-refractivity contribution >= 4 is 11.6 Å². The topological polar surface area (TPSA) is 29.1 Å². The molecule has 1 aliphatic heterocycles. The number of benzene rings is 1. The molecule has 0 saturated heterocycles. The number of carbonyl (C=O) groups is 1. The summed E-state index contributed by atoms with van der Waals surface area (Å²) in [7, 11) is 0. The molecule has 0 aromatic heterocycles. The van der Waals surface area contributed by atoms with Crippen molar-refractivity contribution in [3.05, 3.63) is 29.6 Å². The first-order valence-electron chi connectivity index (χ1n) is 4.26. The number of hydrogen-bond acceptors (Lipinski definition) is 1. The molecule has 13 heavy (non-hydrogen) atoms. The monoisotopic (exact) mass is 179 g/mol. The Morgan fingerprint density at radius 1 is 1.54 bits per heavy atom. The molecule has 1 atom stereocenters. The van der Waals surface area contributed by atoms with Gasteiger partial charge < -0.3 is 5.32 Å². The molecule has 3 heteroatoms. The summed E-state index contributed by atoms with van der Waals surface area (Å²) in [6.45, 7) is 1.97. The molecule has 1 heterocycles. The number of rotatable bonds is 0. The van der Waals surface area contributed by atoms with Gasteiger partial charge in [0.2, 0.25) is 5.91 Å². The van der Waals surface area contributed by atoms with E-state index in [1.165, 1.54) is 12.1 Å². The largest absolute Gasteiger partial charge is 0.326 e. The van der Waals surface area contributed by atoms with Gasteiger partial charge in [0, 0.05) is 12.1 Å². The van der Waals surface area contributed by atoms with Gasteiger partial charge in [-0.05, 0) is 23.6 Å². The standard InChI is InChI=1S/C10H10FNO/c1-6-4-10(13)12-9-5-7(11)2-3-8(6)9/h2-3,5-6H,4H2,1H3,(H,12,13). The summed E-state index contributed by atoms with van der Waals surface area (Å²) in [4.78, 5) is 11.1. The number of anilines is 1. The van der Waals surface area contributed by atoms with E-state index in [9.17, 15) is 9.18 Å². The second-order valence-corrected chi connectivity index (χ2v) is 3.38. The quantitative estimate of drug-likeness (QED) is 0.650. The lowest BCUT2D eigenvalue weighted by molar-refractivity contribution is -0.116. The van der Waals surface area contributed by atoms with Crippen LogP contribution in [0.3, 0.4) is 0 Å². The van der Waals surface area contributed by atoms with Crippen LogP contribution in [-0.4, -0.2) is 5.91 Å². The predicted octanol–water partition coefficient (Wildman–Crippen LogP) is 2.27. The Bertz CT molecular complexity index is 362. The van der Waals surface area contributed by atoms with Crippen LogP contribution in [-0.2, 0) is 4.79 Å². The van der Waals surface area contributed by atoms with E-state index in [4.69, 9.17) is 0 Å². The third kappa shape index (κ3) is 1.41. The number of amides is 1. The van der Waals surface area contributed by atoms with E-state index in [-0.39, 0.29) is 17.6 Å². The van der Waals surface area contributed by atoms with Crippen LogP contribution < -0.4 is 5.32 Å². The smallest absolute Gasteiger partial charge is 0.224 e. The Morgan fingerprint density at radius 2 is 2.31 bits per heavy atom. The fourth-order valence-electron chi connectivity index (χ4n) is 1.66. The Hall–Kier alpha value is -1.38. The van der Waals surface area contributed by atoms with E-state index < -0.39 is 0 Å². The SMILES string of the molecule is CC1CC(=O)Nc2cc(F)ccc21. The van der Waals surface area contributed by atoms with E-state index in [1.807, 2.05) is 6.92 Å². The molecule has 68 valence electrons. The van der Waals surface area contributed by atoms with Crippen LogP contribution in [0, 0.1) is 5.82 Å². The molecule has 0 saturated carbocycles. The lowest BCUT2D eigenvalue weighted by Gasteiger charge is -2.22. The summed E-state index contributed by atoms with van der Waals surface area (Å²) in [5, 5.41) is 2.65. The molecule has 1 aliphatic rings. The molecular formula is C10H10FNO. The molecule has 2 rings (SSSR count). The van der Waals surface area contributed by atoms with Crippen LogP contribution in [0.25, 0.3) is 0 Å². The first-order chi connectivity index (χ1) is 6.16. The number of halogens is 1. The first-order valence-corrected chi connectivity index (χ1v) is 4.26. The zero-order chi connectivity index (χ0) is 9.42. The lowest BCUT2D eigenvalue weighted by Crippen LogP contribution is -2.21. The third-order valence-electron chi connectivity index (χ3n) is 2.31. The maximum Gasteiger partial charge on any atom is 0.224 e. The molecule has 1 aromatic rings. The zero-order valence-corrected chi connectivity index (χ0v) is 7.30. The van der Waals surface area contributed by atoms with E-state index >= 15 is 0 Å². The van der Waals surface area contributed by atoms with E-state index in [2.05, 4.69) is 5.32 Å². The second-order valence-electron chi connectivity index (χ2n) is 3.38. The maximum absolute atomic E-state index is 12.8. The summed E-state index contributed by atoms with van der Waals surface area (Å²) in [5.41, 5.74) is 1.63. The fourth-order valence-corrected chi connectivity index (χ4v) is 1.66. The molecule has 0 aliphatic carbocycles. The molecular weight excluding hydrogens is 169 g/mol. The van der Waals surface area contributed by atoms with Crippen LogP contribution in [0.2, 0.25) is 0 Å². The molecule has 0 bridgehead atoms. The Morgan fingerprint density at radius 3 is 3.08 bits per heavy atom. The minimum absolute atomic E-state index is 0.0365. The van der Waals surface area contributed by atoms with E-state index in [0.717, 1.165) is 5.56 Å². The number of hydrogen-bond donors (Lipinski definition) is 1. The van der Waals surface area contributed by atoms with Crippen LogP contribution in [0.5, 0.6) is 0 Å². The highest BCUT2D eigenvalue weighted by atomic mass is 19.1. The Kier molecular flexibility index (Phi) is 1.79. The summed E-state index contributed by atoms with van der Waals surface area (Å²) < 4.78 is 12.8. The van der Waals surface area contributed by atoms with E-state index in [1.54, 1.807) is 6.07 Å². The molecule has 0 fully saturated rings. The van der Waals surface area contributed by atoms with Gasteiger partial charge in [0.1, 0.15) is 5.82 Å². The number of carbonyl (C=O) groups excluding carboxylic acids is 1. The fraction of sp³-hybridized carbons (Fsp3) is 0.300. The average Bonchev–Trinajstić information content (AvgIpc) is 2.02. The van der Waals surface area contributed by atoms with Crippen molar-refractivity contribution < 1.29 is 9.18 Å². The molecule has 0 radical (unpaired) electrons. The van der Waals surface area contributed by atoms with Crippen molar-refractivity contribution in [1.82, 2.24) is 0 Å². The summed E-state index contributed by atoms with van der Waals surface area (Å²) in [6.07, 6.45) is 0.485. The highest BCUT2D eigenvalue weighted by Crippen LogP contribution is 2.31. The van der Waals surface area contributed by atoms with Gasteiger partial charge in [-0.2, -0.15) is 0 Å². The highest BCUT2D eigenvalue weighted by molar-refractivity contribution is 5.94. The molecule has 1 N–H and O–H groups in total. The van der Waals surface area contributed by atoms with Crippen molar-refractivity contribution in [2.75, 3.05) is 5.32 Å². The van der Waals surface area contributed by atoms with Gasteiger partial charge in [-0.1, -0.05) is 13.0 Å². The van der Waals surface area contributed by atoms with Crippen molar-refractivity contribution in [2.45, 2.75) is 19.3 Å². The van der Waals surface area contributed by atoms with Gasteiger partial charge in [-0.15, -0.1) is 0 Å². The van der Waals surface area contributed by atoms with Gasteiger partial charge >= 0.3 is 0 Å². The van der Waals surface area contributed by atoms with Crippen molar-refractivity contribution in [1.29, 1.82) is 0 Å². The highest BCUT2D eigenvalue weighted by Gasteiger charge is 2.21. The number of nitrogens with one attached hydrogen (secondary N) is 1. The average molecular weight is 179 g/mol. The van der Waals surface area contributed by atoms with Crippen molar-refractivity contribution in [3.8, 4) is 0 Å². The van der Waals surface area contributed by atoms with Crippen molar-refractivity contribution in [3.63, 3.8) is 0 Å². The first kappa shape index (κ1) is 8.23. The molecule has 1 amide bonds. The Labute approximate surface area is 75.8 Å². The summed E-state index contributed by atoms with van der Waals surface area (Å²) in [5.74, 6) is -0.164. The number of fused-ring (bicyclic) bond motifs is 1. The third-order valence-corrected chi connectivity index (χ3v) is 2.31. The summed E-state index contributed by atoms with van der Waals surface area (Å²) in [6, 6.07) is 4.52. The van der Waals surface area contributed by atoms with Crippen LogP contribution >= 0.6 is 0 Å². The minimum Gasteiger partial charge on any atom is -0.326 e. The molecule has 0 spiro atoms. The lowest BCUT2D eigenvalue weighted by atomic mass is 9.92. The zero-order valence-electron chi connectivity index (χ0n) is 7.30. The predicted molar refractivity (Wildman–Crippen MR) is 48.1 cm³/mol. The van der Waals surface area contributed by atoms with Gasteiger partial charge in [0.05, 0.1) is 0 Å². The van der Waals surface area contributed by atoms with Crippen LogP contribution in [0.4, 0.5) is 10.1 Å². The van der Waals surface area contributed by atoms with Gasteiger partial charge in [0.15, 0.2) is 0 Å². The van der Waals surface area contributed by atoms with Crippen LogP contribution in [0.1, 0.15) is 24.8 Å². The normalized spacial score (nSPS) is 20.8. The van der Waals surface area contributed by atoms with E-state index in [0.29, 0.717) is 12.1 Å². The van der Waals surface area contributed by atoms with Crippen molar-refractivity contribution in [2.24, 2.45) is 0 Å². The van der Waals surface area contributed by atoms with Gasteiger partial charge in [-0.3, -0.25) is 4.79 Å². The van der Waals surface area contributed by atoms with Gasteiger partial charge in [-0.25, -0.2) is 4.39 Å². The molecule has 2 nitrogen and oxygen atoms in total.